The van der Waals surface area contributed by atoms with Crippen molar-refractivity contribution in [2.45, 2.75) is 32.4 Å². The molecule has 4 heterocycles. The predicted octanol–water partition coefficient (Wildman–Crippen LogP) is 2.89. The molecule has 5 rings (SSSR count). The van der Waals surface area contributed by atoms with Crippen LogP contribution >= 0.6 is 0 Å². The van der Waals surface area contributed by atoms with Gasteiger partial charge in [-0.1, -0.05) is 18.2 Å². The second-order valence-electron chi connectivity index (χ2n) is 7.80. The molecule has 2 atom stereocenters. The van der Waals surface area contributed by atoms with Crippen LogP contribution in [0.5, 0.6) is 5.75 Å². The van der Waals surface area contributed by atoms with Crippen molar-refractivity contribution in [1.29, 1.82) is 0 Å². The summed E-state index contributed by atoms with van der Waals surface area (Å²) in [6.07, 6.45) is 6.04. The molecule has 1 aromatic heterocycles. The Labute approximate surface area is 161 Å². The van der Waals surface area contributed by atoms with Crippen molar-refractivity contribution in [2.75, 3.05) is 26.2 Å². The number of hydrogen-bond donors (Lipinski definition) is 0. The summed E-state index contributed by atoms with van der Waals surface area (Å²) in [5, 5.41) is 0. The van der Waals surface area contributed by atoms with Gasteiger partial charge in [0.05, 0.1) is 0 Å². The summed E-state index contributed by atoms with van der Waals surface area (Å²) in [6.45, 7) is 5.89. The number of piperidine rings is 1. The standard InChI is InChI=1S/C22H27N3O2/c1-17-4-2-6-21(10-17)27-16-22(26)25-14-19-7-8-20(25)15-24(13-19)12-18-5-3-9-23-11-18/h2-6,9-11,19-20H,7-8,12-16H2,1H3/t19-,20+/m0/s1. The zero-order valence-corrected chi connectivity index (χ0v) is 15.9. The number of rotatable bonds is 5. The molecule has 5 heteroatoms. The Balaban J connectivity index is 1.37. The summed E-state index contributed by atoms with van der Waals surface area (Å²) < 4.78 is 5.76. The molecular formula is C22H27N3O2. The van der Waals surface area contributed by atoms with Crippen LogP contribution in [0.3, 0.4) is 0 Å². The normalized spacial score (nSPS) is 22.5. The highest BCUT2D eigenvalue weighted by Gasteiger charge is 2.37. The fourth-order valence-electron chi connectivity index (χ4n) is 4.30. The number of benzene rings is 1. The average molecular weight is 365 g/mol. The quantitative estimate of drug-likeness (QED) is 0.817. The molecule has 0 unspecified atom stereocenters. The van der Waals surface area contributed by atoms with E-state index in [0.717, 1.165) is 43.9 Å². The van der Waals surface area contributed by atoms with E-state index in [1.54, 1.807) is 0 Å². The van der Waals surface area contributed by atoms with Crippen LogP contribution in [0, 0.1) is 12.8 Å². The first-order chi connectivity index (χ1) is 13.2. The first-order valence-electron chi connectivity index (χ1n) is 9.77. The zero-order chi connectivity index (χ0) is 18.6. The third-order valence-corrected chi connectivity index (χ3v) is 5.59. The number of carbonyl (C=O) groups is 1. The Bertz CT molecular complexity index is 780. The molecular weight excluding hydrogens is 338 g/mol. The molecule has 0 N–H and O–H groups in total. The maximum atomic E-state index is 12.8. The third kappa shape index (κ3) is 4.48. The molecule has 27 heavy (non-hydrogen) atoms. The van der Waals surface area contributed by atoms with Crippen LogP contribution in [0.1, 0.15) is 24.0 Å². The molecule has 142 valence electrons. The van der Waals surface area contributed by atoms with Gasteiger partial charge >= 0.3 is 0 Å². The van der Waals surface area contributed by atoms with E-state index in [4.69, 9.17) is 4.74 Å². The molecule has 3 aliphatic heterocycles. The first kappa shape index (κ1) is 18.0. The van der Waals surface area contributed by atoms with Crippen LogP contribution in [-0.4, -0.2) is 53.0 Å². The number of nitrogens with zero attached hydrogens (tertiary/aromatic N) is 3. The highest BCUT2D eigenvalue weighted by Crippen LogP contribution is 2.29. The van der Waals surface area contributed by atoms with Crippen LogP contribution in [0.2, 0.25) is 0 Å². The molecule has 3 saturated heterocycles. The van der Waals surface area contributed by atoms with Gasteiger partial charge in [-0.2, -0.15) is 0 Å². The van der Waals surface area contributed by atoms with Crippen molar-refractivity contribution in [3.8, 4) is 5.75 Å². The number of fused-ring (bicyclic) bond motifs is 4. The number of ether oxygens (including phenoxy) is 1. The maximum Gasteiger partial charge on any atom is 0.260 e. The smallest absolute Gasteiger partial charge is 0.260 e. The Hall–Kier alpha value is -2.40. The summed E-state index contributed by atoms with van der Waals surface area (Å²) in [6, 6.07) is 12.3. The summed E-state index contributed by atoms with van der Waals surface area (Å²) in [5.74, 6) is 1.42. The highest BCUT2D eigenvalue weighted by atomic mass is 16.5. The van der Waals surface area contributed by atoms with E-state index >= 15 is 0 Å². The molecule has 3 aliphatic rings. The Morgan fingerprint density at radius 1 is 1.19 bits per heavy atom. The zero-order valence-electron chi connectivity index (χ0n) is 15.9. The van der Waals surface area contributed by atoms with Gasteiger partial charge in [0.15, 0.2) is 6.61 Å². The minimum absolute atomic E-state index is 0.106. The van der Waals surface area contributed by atoms with Gasteiger partial charge in [0.25, 0.3) is 5.91 Å². The SMILES string of the molecule is Cc1cccc(OCC(=O)N2C[C@H]3CC[C@@H]2CN(Cc2cccnc2)C3)c1. The number of amides is 1. The summed E-state index contributed by atoms with van der Waals surface area (Å²) >= 11 is 0. The van der Waals surface area contributed by atoms with Crippen LogP contribution in [-0.2, 0) is 11.3 Å². The lowest BCUT2D eigenvalue weighted by Gasteiger charge is -2.36. The molecule has 3 fully saturated rings. The number of hydrogen-bond acceptors (Lipinski definition) is 4. The lowest BCUT2D eigenvalue weighted by molar-refractivity contribution is -0.137. The third-order valence-electron chi connectivity index (χ3n) is 5.59. The van der Waals surface area contributed by atoms with Crippen LogP contribution < -0.4 is 4.74 Å². The van der Waals surface area contributed by atoms with Crippen LogP contribution in [0.4, 0.5) is 0 Å². The number of carbonyl (C=O) groups excluding carboxylic acids is 1. The molecule has 2 bridgehead atoms. The number of aromatic nitrogens is 1. The van der Waals surface area contributed by atoms with Crippen molar-refractivity contribution in [3.05, 3.63) is 59.9 Å². The Morgan fingerprint density at radius 3 is 2.93 bits per heavy atom. The van der Waals surface area contributed by atoms with Crippen LogP contribution in [0.25, 0.3) is 0 Å². The van der Waals surface area contributed by atoms with E-state index in [1.807, 2.05) is 49.6 Å². The monoisotopic (exact) mass is 365 g/mol. The van der Waals surface area contributed by atoms with Gasteiger partial charge in [0, 0.05) is 44.6 Å². The molecule has 0 spiro atoms. The number of aryl methyl sites for hydroxylation is 1. The van der Waals surface area contributed by atoms with E-state index in [9.17, 15) is 4.79 Å². The number of pyridine rings is 1. The summed E-state index contributed by atoms with van der Waals surface area (Å²) in [4.78, 5) is 21.6. The van der Waals surface area contributed by atoms with E-state index in [0.29, 0.717) is 5.92 Å². The van der Waals surface area contributed by atoms with E-state index in [1.165, 1.54) is 12.0 Å². The molecule has 0 radical (unpaired) electrons. The molecule has 1 amide bonds. The Kier molecular flexibility index (Phi) is 5.39. The molecule has 0 aliphatic carbocycles. The minimum atomic E-state index is 0.106. The van der Waals surface area contributed by atoms with E-state index in [-0.39, 0.29) is 18.6 Å². The van der Waals surface area contributed by atoms with Gasteiger partial charge in [-0.25, -0.2) is 0 Å². The highest BCUT2D eigenvalue weighted by molar-refractivity contribution is 5.78. The summed E-state index contributed by atoms with van der Waals surface area (Å²) in [7, 11) is 0. The molecule has 2 aromatic rings. The lowest BCUT2D eigenvalue weighted by atomic mass is 9.95. The van der Waals surface area contributed by atoms with E-state index in [2.05, 4.69) is 20.9 Å². The fraction of sp³-hybridized carbons (Fsp3) is 0.455. The fourth-order valence-corrected chi connectivity index (χ4v) is 4.30. The second-order valence-corrected chi connectivity index (χ2v) is 7.80. The summed E-state index contributed by atoms with van der Waals surface area (Å²) in [5.41, 5.74) is 2.37. The van der Waals surface area contributed by atoms with Gasteiger partial charge in [0.1, 0.15) is 5.75 Å². The molecule has 0 saturated carbocycles. The predicted molar refractivity (Wildman–Crippen MR) is 104 cm³/mol. The topological polar surface area (TPSA) is 45.7 Å². The van der Waals surface area contributed by atoms with Crippen molar-refractivity contribution in [2.24, 2.45) is 5.92 Å². The first-order valence-corrected chi connectivity index (χ1v) is 9.77. The van der Waals surface area contributed by atoms with Gasteiger partial charge in [0.2, 0.25) is 0 Å². The average Bonchev–Trinajstić information content (AvgIpc) is 2.97. The molecule has 1 aromatic carbocycles. The Morgan fingerprint density at radius 2 is 2.11 bits per heavy atom. The van der Waals surface area contributed by atoms with E-state index < -0.39 is 0 Å². The largest absolute Gasteiger partial charge is 0.484 e. The van der Waals surface area contributed by atoms with Gasteiger partial charge < -0.3 is 9.64 Å². The van der Waals surface area contributed by atoms with Gasteiger partial charge in [-0.3, -0.25) is 14.7 Å². The maximum absolute atomic E-state index is 12.8. The van der Waals surface area contributed by atoms with Crippen molar-refractivity contribution < 1.29 is 9.53 Å². The lowest BCUT2D eigenvalue weighted by Crippen LogP contribution is -2.49. The molecule has 5 nitrogen and oxygen atoms in total. The van der Waals surface area contributed by atoms with Gasteiger partial charge in [-0.15, -0.1) is 0 Å². The van der Waals surface area contributed by atoms with Crippen molar-refractivity contribution >= 4 is 5.91 Å². The minimum Gasteiger partial charge on any atom is -0.484 e. The van der Waals surface area contributed by atoms with Crippen molar-refractivity contribution in [1.82, 2.24) is 14.8 Å². The van der Waals surface area contributed by atoms with Crippen LogP contribution in [0.15, 0.2) is 48.8 Å². The van der Waals surface area contributed by atoms with Crippen molar-refractivity contribution in [3.63, 3.8) is 0 Å². The van der Waals surface area contributed by atoms with Gasteiger partial charge in [-0.05, 0) is 55.0 Å². The second kappa shape index (κ2) is 8.09.